The van der Waals surface area contributed by atoms with Gasteiger partial charge in [0, 0.05) is 12.0 Å². The van der Waals surface area contributed by atoms with E-state index >= 15 is 0 Å². The average Bonchev–Trinajstić information content (AvgIpc) is 2.91. The molecule has 1 fully saturated rings. The third-order valence-electron chi connectivity index (χ3n) is 3.31. The number of ketones is 1. The lowest BCUT2D eigenvalue weighted by Gasteiger charge is -2.13. The summed E-state index contributed by atoms with van der Waals surface area (Å²) in [7, 11) is -1.60. The molecule has 1 saturated heterocycles. The highest BCUT2D eigenvalue weighted by Crippen LogP contribution is 2.28. The second-order valence-electron chi connectivity index (χ2n) is 5.06. The Morgan fingerprint density at radius 2 is 2.21 bits per heavy atom. The van der Waals surface area contributed by atoms with E-state index in [0.717, 1.165) is 0 Å². The number of methoxy groups -OCH3 is 1. The topological polar surface area (TPSA) is 78.3 Å². The number of nitrogens with zero attached hydrogens (tertiary/aromatic N) is 2. The lowest BCUT2D eigenvalue weighted by molar-refractivity contribution is 0.0917. The van der Waals surface area contributed by atoms with Crippen LogP contribution in [0.1, 0.15) is 36.8 Å². The molecule has 0 amide bonds. The first-order chi connectivity index (χ1) is 8.85. The van der Waals surface area contributed by atoms with Crippen LogP contribution in [-0.4, -0.2) is 42.6 Å². The van der Waals surface area contributed by atoms with E-state index in [1.807, 2.05) is 13.8 Å². The molecule has 0 bridgehead atoms. The Kier molecular flexibility index (Phi) is 3.66. The van der Waals surface area contributed by atoms with Gasteiger partial charge in [0.15, 0.2) is 21.4 Å². The third kappa shape index (κ3) is 2.65. The molecule has 0 N–H and O–H groups in total. The zero-order valence-electron chi connectivity index (χ0n) is 11.3. The van der Waals surface area contributed by atoms with Gasteiger partial charge in [0.2, 0.25) is 0 Å². The van der Waals surface area contributed by atoms with Crippen LogP contribution in [0.3, 0.4) is 0 Å². The van der Waals surface area contributed by atoms with E-state index in [1.54, 1.807) is 4.68 Å². The van der Waals surface area contributed by atoms with Crippen LogP contribution in [0.5, 0.6) is 5.75 Å². The van der Waals surface area contributed by atoms with Crippen molar-refractivity contribution >= 4 is 15.6 Å². The number of carbonyl (C=O) groups is 1. The summed E-state index contributed by atoms with van der Waals surface area (Å²) in [6, 6.07) is 0.0147. The molecule has 1 aromatic rings. The fraction of sp³-hybridized carbons (Fsp3) is 0.667. The maximum atomic E-state index is 12.5. The van der Waals surface area contributed by atoms with Crippen LogP contribution in [0.15, 0.2) is 6.20 Å². The molecule has 2 rings (SSSR count). The maximum absolute atomic E-state index is 12.5. The minimum atomic E-state index is -3.08. The molecule has 1 unspecified atom stereocenters. The van der Waals surface area contributed by atoms with E-state index in [9.17, 15) is 13.2 Å². The van der Waals surface area contributed by atoms with E-state index in [2.05, 4.69) is 5.10 Å². The zero-order chi connectivity index (χ0) is 14.2. The molecule has 0 spiro atoms. The number of hydrogen-bond donors (Lipinski definition) is 0. The number of hydrogen-bond acceptors (Lipinski definition) is 5. The second kappa shape index (κ2) is 4.96. The van der Waals surface area contributed by atoms with Gasteiger partial charge in [-0.15, -0.1) is 0 Å². The lowest BCUT2D eigenvalue weighted by Crippen LogP contribution is -2.21. The molecule has 2 heterocycles. The van der Waals surface area contributed by atoms with Crippen molar-refractivity contribution in [2.45, 2.75) is 26.3 Å². The number of ether oxygens (including phenoxy) is 1. The molecule has 1 aliphatic rings. The monoisotopic (exact) mass is 286 g/mol. The van der Waals surface area contributed by atoms with Crippen LogP contribution in [0.25, 0.3) is 0 Å². The van der Waals surface area contributed by atoms with E-state index in [-0.39, 0.29) is 23.3 Å². The zero-order valence-corrected chi connectivity index (χ0v) is 12.1. The van der Waals surface area contributed by atoms with Crippen molar-refractivity contribution in [3.05, 3.63) is 11.9 Å². The van der Waals surface area contributed by atoms with Gasteiger partial charge in [-0.2, -0.15) is 5.10 Å². The summed E-state index contributed by atoms with van der Waals surface area (Å²) in [4.78, 5) is 12.5. The predicted octanol–water partition coefficient (Wildman–Crippen LogP) is 1.09. The highest BCUT2D eigenvalue weighted by Gasteiger charge is 2.36. The molecule has 1 aromatic heterocycles. The molecule has 1 atom stereocenters. The number of sulfone groups is 1. The van der Waals surface area contributed by atoms with Gasteiger partial charge in [0.05, 0.1) is 24.8 Å². The van der Waals surface area contributed by atoms with Crippen LogP contribution >= 0.6 is 0 Å². The Morgan fingerprint density at radius 1 is 1.53 bits per heavy atom. The van der Waals surface area contributed by atoms with Crippen molar-refractivity contribution in [3.63, 3.8) is 0 Å². The highest BCUT2D eigenvalue weighted by molar-refractivity contribution is 7.91. The summed E-state index contributed by atoms with van der Waals surface area (Å²) in [6.07, 6.45) is 1.88. The van der Waals surface area contributed by atoms with Crippen molar-refractivity contribution < 1.29 is 17.9 Å². The molecule has 106 valence electrons. The summed E-state index contributed by atoms with van der Waals surface area (Å²) < 4.78 is 29.7. The first-order valence-electron chi connectivity index (χ1n) is 6.22. The van der Waals surface area contributed by atoms with Gasteiger partial charge in [-0.3, -0.25) is 9.48 Å². The fourth-order valence-corrected chi connectivity index (χ4v) is 4.06. The van der Waals surface area contributed by atoms with E-state index in [4.69, 9.17) is 4.74 Å². The second-order valence-corrected chi connectivity index (χ2v) is 7.29. The summed E-state index contributed by atoms with van der Waals surface area (Å²) in [5.74, 6) is -0.250. The summed E-state index contributed by atoms with van der Waals surface area (Å²) in [5.41, 5.74) is 0.375. The molecular weight excluding hydrogens is 268 g/mol. The standard InChI is InChI=1S/C12H18N2O4S/c1-8(2)14-11(10(18-3)6-13-14)12(15)9-4-5-19(16,17)7-9/h6,8-9H,4-5,7H2,1-3H3. The van der Waals surface area contributed by atoms with Crippen molar-refractivity contribution in [3.8, 4) is 5.75 Å². The van der Waals surface area contributed by atoms with Crippen LogP contribution in [0, 0.1) is 5.92 Å². The molecule has 0 aromatic carbocycles. The molecule has 6 nitrogen and oxygen atoms in total. The summed E-state index contributed by atoms with van der Waals surface area (Å²) >= 11 is 0. The van der Waals surface area contributed by atoms with Gasteiger partial charge in [-0.25, -0.2) is 8.42 Å². The van der Waals surface area contributed by atoms with Gasteiger partial charge >= 0.3 is 0 Å². The van der Waals surface area contributed by atoms with E-state index in [1.165, 1.54) is 13.3 Å². The Morgan fingerprint density at radius 3 is 2.68 bits per heavy atom. The average molecular weight is 286 g/mol. The van der Waals surface area contributed by atoms with Crippen molar-refractivity contribution in [1.29, 1.82) is 0 Å². The molecular formula is C12H18N2O4S. The molecule has 1 aliphatic heterocycles. The molecule has 19 heavy (non-hydrogen) atoms. The Labute approximate surface area is 112 Å². The van der Waals surface area contributed by atoms with Gasteiger partial charge in [-0.05, 0) is 20.3 Å². The van der Waals surface area contributed by atoms with Crippen molar-refractivity contribution in [2.24, 2.45) is 5.92 Å². The Hall–Kier alpha value is -1.37. The van der Waals surface area contributed by atoms with E-state index in [0.29, 0.717) is 17.9 Å². The summed E-state index contributed by atoms with van der Waals surface area (Å²) in [5, 5.41) is 4.14. The fourth-order valence-electron chi connectivity index (χ4n) is 2.32. The Balaban J connectivity index is 2.36. The number of rotatable bonds is 4. The maximum Gasteiger partial charge on any atom is 0.188 e. The minimum absolute atomic E-state index is 0.0147. The van der Waals surface area contributed by atoms with Crippen LogP contribution in [0.2, 0.25) is 0 Å². The van der Waals surface area contributed by atoms with Crippen LogP contribution in [-0.2, 0) is 9.84 Å². The first kappa shape index (κ1) is 14.0. The molecule has 0 saturated carbocycles. The van der Waals surface area contributed by atoms with Gasteiger partial charge < -0.3 is 4.74 Å². The first-order valence-corrected chi connectivity index (χ1v) is 8.04. The van der Waals surface area contributed by atoms with Gasteiger partial charge in [0.1, 0.15) is 5.69 Å². The van der Waals surface area contributed by atoms with Gasteiger partial charge in [-0.1, -0.05) is 0 Å². The highest BCUT2D eigenvalue weighted by atomic mass is 32.2. The van der Waals surface area contributed by atoms with E-state index < -0.39 is 15.8 Å². The minimum Gasteiger partial charge on any atom is -0.493 e. The largest absolute Gasteiger partial charge is 0.493 e. The normalized spacial score (nSPS) is 21.8. The number of carbonyl (C=O) groups excluding carboxylic acids is 1. The molecule has 0 aliphatic carbocycles. The van der Waals surface area contributed by atoms with Gasteiger partial charge in [0.25, 0.3) is 0 Å². The number of Topliss-reactive ketones (excluding diaryl/α,β-unsaturated/α-hetero) is 1. The summed E-state index contributed by atoms with van der Waals surface area (Å²) in [6.45, 7) is 3.82. The predicted molar refractivity (Wildman–Crippen MR) is 70.3 cm³/mol. The van der Waals surface area contributed by atoms with Crippen molar-refractivity contribution in [1.82, 2.24) is 9.78 Å². The SMILES string of the molecule is COc1cnn(C(C)C)c1C(=O)C1CCS(=O)(=O)C1. The quantitative estimate of drug-likeness (QED) is 0.774. The van der Waals surface area contributed by atoms with Crippen molar-refractivity contribution in [2.75, 3.05) is 18.6 Å². The Bertz CT molecular complexity index is 589. The van der Waals surface area contributed by atoms with Crippen LogP contribution in [0.4, 0.5) is 0 Å². The smallest absolute Gasteiger partial charge is 0.188 e. The van der Waals surface area contributed by atoms with Crippen LogP contribution < -0.4 is 4.74 Å². The third-order valence-corrected chi connectivity index (χ3v) is 5.08. The lowest BCUT2D eigenvalue weighted by atomic mass is 10.0. The molecule has 7 heteroatoms. The number of aromatic nitrogens is 2. The molecule has 0 radical (unpaired) electrons.